The maximum absolute atomic E-state index is 12.9. The average molecular weight is 316 g/mol. The molecule has 2 aromatic rings. The first-order valence-corrected chi connectivity index (χ1v) is 8.94. The fourth-order valence-corrected chi connectivity index (χ4v) is 4.85. The van der Waals surface area contributed by atoms with Gasteiger partial charge in [0.2, 0.25) is 9.84 Å². The van der Waals surface area contributed by atoms with E-state index in [4.69, 9.17) is 11.5 Å². The largest absolute Gasteiger partial charge is 0.398 e. The lowest BCUT2D eigenvalue weighted by atomic mass is 9.97. The fourth-order valence-electron chi connectivity index (χ4n) is 3.10. The van der Waals surface area contributed by atoms with E-state index in [2.05, 4.69) is 0 Å². The van der Waals surface area contributed by atoms with Crippen LogP contribution in [0.3, 0.4) is 0 Å². The smallest absolute Gasteiger partial charge is 0.207 e. The summed E-state index contributed by atoms with van der Waals surface area (Å²) in [6.45, 7) is 4.03. The Balaban J connectivity index is 2.28. The third-order valence-electron chi connectivity index (χ3n) is 4.37. The lowest BCUT2D eigenvalue weighted by Gasteiger charge is -2.23. The quantitative estimate of drug-likeness (QED) is 0.712. The predicted octanol–water partition coefficient (Wildman–Crippen LogP) is 2.71. The summed E-state index contributed by atoms with van der Waals surface area (Å²) < 4.78 is 25.8. The molecule has 2 aromatic carbocycles. The van der Waals surface area contributed by atoms with Gasteiger partial charge in [0.25, 0.3) is 0 Å². The van der Waals surface area contributed by atoms with Crippen LogP contribution in [0.5, 0.6) is 0 Å². The van der Waals surface area contributed by atoms with Crippen molar-refractivity contribution < 1.29 is 8.42 Å². The monoisotopic (exact) mass is 316 g/mol. The lowest BCUT2D eigenvalue weighted by molar-refractivity contribution is 0.591. The number of nitrogen functional groups attached to an aromatic ring is 2. The molecule has 0 fully saturated rings. The number of anilines is 2. The molecule has 0 radical (unpaired) electrons. The highest BCUT2D eigenvalue weighted by atomic mass is 32.2. The summed E-state index contributed by atoms with van der Waals surface area (Å²) in [6.07, 6.45) is 2.17. The fraction of sp³-hybridized carbons (Fsp3) is 0.294. The lowest BCUT2D eigenvalue weighted by Crippen LogP contribution is -2.17. The van der Waals surface area contributed by atoms with Crippen molar-refractivity contribution in [2.24, 2.45) is 0 Å². The van der Waals surface area contributed by atoms with Crippen LogP contribution in [-0.4, -0.2) is 8.42 Å². The highest BCUT2D eigenvalue weighted by molar-refractivity contribution is 7.91. The van der Waals surface area contributed by atoms with Crippen LogP contribution in [0.4, 0.5) is 11.4 Å². The van der Waals surface area contributed by atoms with E-state index in [-0.39, 0.29) is 0 Å². The zero-order chi connectivity index (χ0) is 16.1. The van der Waals surface area contributed by atoms with E-state index < -0.39 is 9.84 Å². The first-order chi connectivity index (χ1) is 10.4. The molecule has 116 valence electrons. The molecule has 5 heteroatoms. The van der Waals surface area contributed by atoms with Gasteiger partial charge < -0.3 is 11.5 Å². The van der Waals surface area contributed by atoms with E-state index in [1.54, 1.807) is 12.1 Å². The predicted molar refractivity (Wildman–Crippen MR) is 88.7 cm³/mol. The van der Waals surface area contributed by atoms with Crippen LogP contribution in [0.2, 0.25) is 0 Å². The Hall–Kier alpha value is -2.01. The summed E-state index contributed by atoms with van der Waals surface area (Å²) in [5, 5.41) is 0. The maximum Gasteiger partial charge on any atom is 0.207 e. The number of hydrogen-bond acceptors (Lipinski definition) is 4. The van der Waals surface area contributed by atoms with Crippen molar-refractivity contribution in [3.63, 3.8) is 0 Å². The van der Waals surface area contributed by atoms with Crippen LogP contribution in [0, 0.1) is 0 Å². The molecule has 4 nitrogen and oxygen atoms in total. The van der Waals surface area contributed by atoms with Gasteiger partial charge >= 0.3 is 0 Å². The van der Waals surface area contributed by atoms with Gasteiger partial charge in [-0.2, -0.15) is 0 Å². The first-order valence-electron chi connectivity index (χ1n) is 7.46. The number of rotatable bonds is 2. The first kappa shape index (κ1) is 14.9. The van der Waals surface area contributed by atoms with Gasteiger partial charge in [-0.15, -0.1) is 0 Å². The minimum atomic E-state index is -3.56. The summed E-state index contributed by atoms with van der Waals surface area (Å²) in [5.41, 5.74) is 16.7. The average Bonchev–Trinajstić information content (AvgIpc) is 2.48. The zero-order valence-electron chi connectivity index (χ0n) is 12.8. The van der Waals surface area contributed by atoms with E-state index in [1.807, 2.05) is 26.0 Å². The Labute approximate surface area is 131 Å². The molecule has 4 N–H and O–H groups in total. The van der Waals surface area contributed by atoms with Crippen LogP contribution in [0.15, 0.2) is 34.1 Å². The maximum atomic E-state index is 12.9. The van der Waals surface area contributed by atoms with E-state index in [0.29, 0.717) is 27.6 Å². The molecule has 1 aliphatic rings. The molecule has 0 atom stereocenters. The number of hydrogen-bond donors (Lipinski definition) is 2. The number of aryl methyl sites for hydroxylation is 2. The van der Waals surface area contributed by atoms with Gasteiger partial charge in [-0.25, -0.2) is 8.42 Å². The summed E-state index contributed by atoms with van der Waals surface area (Å²) in [6, 6.07) is 7.03. The molecule has 0 saturated heterocycles. The van der Waals surface area contributed by atoms with Gasteiger partial charge in [0.05, 0.1) is 9.79 Å². The van der Waals surface area contributed by atoms with Crippen molar-refractivity contribution in [2.75, 3.05) is 11.5 Å². The third kappa shape index (κ3) is 2.08. The molecule has 0 saturated carbocycles. The van der Waals surface area contributed by atoms with Gasteiger partial charge in [0, 0.05) is 17.8 Å². The van der Waals surface area contributed by atoms with Crippen molar-refractivity contribution in [1.29, 1.82) is 0 Å². The molecule has 0 amide bonds. The van der Waals surface area contributed by atoms with Gasteiger partial charge in [-0.05, 0) is 47.2 Å². The number of fused-ring (bicyclic) bond motifs is 2. The van der Waals surface area contributed by atoms with Crippen LogP contribution in [-0.2, 0) is 29.1 Å². The van der Waals surface area contributed by atoms with E-state index >= 15 is 0 Å². The summed E-state index contributed by atoms with van der Waals surface area (Å²) in [5.74, 6) is 0. The van der Waals surface area contributed by atoms with Crippen molar-refractivity contribution in [3.8, 4) is 0 Å². The van der Waals surface area contributed by atoms with Crippen molar-refractivity contribution in [1.82, 2.24) is 0 Å². The molecular formula is C17H20N2O2S. The van der Waals surface area contributed by atoms with Gasteiger partial charge in [-0.1, -0.05) is 26.0 Å². The number of sulfone groups is 1. The number of nitrogens with two attached hydrogens (primary N) is 2. The van der Waals surface area contributed by atoms with Crippen LogP contribution in [0.1, 0.15) is 36.1 Å². The van der Waals surface area contributed by atoms with Crippen LogP contribution >= 0.6 is 0 Å². The van der Waals surface area contributed by atoms with Crippen molar-refractivity contribution >= 4 is 21.2 Å². The zero-order valence-corrected chi connectivity index (χ0v) is 13.6. The summed E-state index contributed by atoms with van der Waals surface area (Å²) in [4.78, 5) is 0.636. The van der Waals surface area contributed by atoms with E-state index in [1.165, 1.54) is 0 Å². The van der Waals surface area contributed by atoms with E-state index in [9.17, 15) is 8.42 Å². The molecule has 0 spiro atoms. The highest BCUT2D eigenvalue weighted by Gasteiger charge is 2.31. The van der Waals surface area contributed by atoms with Gasteiger partial charge in [0.15, 0.2) is 0 Å². The Bertz CT molecular complexity index is 805. The molecule has 0 aromatic heterocycles. The highest BCUT2D eigenvalue weighted by Crippen LogP contribution is 2.38. The Morgan fingerprint density at radius 1 is 0.864 bits per heavy atom. The molecule has 0 aliphatic carbocycles. The Morgan fingerprint density at radius 2 is 1.27 bits per heavy atom. The minimum absolute atomic E-state index is 0.318. The van der Waals surface area contributed by atoms with Crippen LogP contribution < -0.4 is 11.5 Å². The molecule has 22 heavy (non-hydrogen) atoms. The second kappa shape index (κ2) is 5.02. The molecule has 0 unspecified atom stereocenters. The SMILES string of the molecule is CCc1cc2c(cc1N)S(=O)(=O)c1cc(N)c(CC)cc1C2. The van der Waals surface area contributed by atoms with Crippen molar-refractivity contribution in [3.05, 3.63) is 46.5 Å². The van der Waals surface area contributed by atoms with Crippen LogP contribution in [0.25, 0.3) is 0 Å². The topological polar surface area (TPSA) is 86.2 Å². The molecule has 1 heterocycles. The van der Waals surface area contributed by atoms with E-state index in [0.717, 1.165) is 35.1 Å². The minimum Gasteiger partial charge on any atom is -0.398 e. The standard InChI is InChI=1S/C17H20N2O2S/c1-3-10-5-12-7-13-6-11(4-2)15(19)9-17(13)22(20,21)16(12)8-14(10)18/h5-6,8-9H,3-4,7,18-19H2,1-2H3. The Kier molecular flexibility index (Phi) is 3.40. The van der Waals surface area contributed by atoms with Gasteiger partial charge in [-0.3, -0.25) is 0 Å². The second-order valence-corrected chi connectivity index (χ2v) is 7.59. The Morgan fingerprint density at radius 3 is 1.64 bits per heavy atom. The summed E-state index contributed by atoms with van der Waals surface area (Å²) >= 11 is 0. The van der Waals surface area contributed by atoms with Gasteiger partial charge in [0.1, 0.15) is 0 Å². The summed E-state index contributed by atoms with van der Waals surface area (Å²) in [7, 11) is -3.56. The second-order valence-electron chi connectivity index (χ2n) is 5.70. The third-order valence-corrected chi connectivity index (χ3v) is 6.28. The van der Waals surface area contributed by atoms with Crippen molar-refractivity contribution in [2.45, 2.75) is 42.9 Å². The molecular weight excluding hydrogens is 296 g/mol. The number of benzene rings is 2. The molecule has 0 bridgehead atoms. The molecule has 1 aliphatic heterocycles. The molecule has 3 rings (SSSR count). The normalized spacial score (nSPS) is 15.2.